The van der Waals surface area contributed by atoms with Gasteiger partial charge in [0.2, 0.25) is 0 Å². The van der Waals surface area contributed by atoms with Gasteiger partial charge in [0.15, 0.2) is 0 Å². The molecule has 2 aromatic carbocycles. The zero-order valence-corrected chi connectivity index (χ0v) is 14.0. The molecule has 0 aliphatic carbocycles. The smallest absolute Gasteiger partial charge is 0.184 e. The maximum absolute atomic E-state index is 2.89. The number of hydrogen-bond acceptors (Lipinski definition) is 0. The van der Waals surface area contributed by atoms with Crippen LogP contribution in [-0.2, 0) is 20.4 Å². The molecule has 102 valence electrons. The molecule has 18 heavy (non-hydrogen) atoms. The summed E-state index contributed by atoms with van der Waals surface area (Å²) in [6.45, 7) is 2.16. The number of halogens is 1. The van der Waals surface area contributed by atoms with E-state index < -0.39 is 0 Å². The van der Waals surface area contributed by atoms with Crippen LogP contribution in [0.3, 0.4) is 0 Å². The summed E-state index contributed by atoms with van der Waals surface area (Å²) in [5.41, 5.74) is 0. The summed E-state index contributed by atoms with van der Waals surface area (Å²) in [6, 6.07) is 25.0. The van der Waals surface area contributed by atoms with Gasteiger partial charge in [-0.25, -0.2) is 0 Å². The first-order valence-corrected chi connectivity index (χ1v) is 6.25. The Kier molecular flexibility index (Phi) is 28.1. The molecule has 3 heteroatoms. The molecule has 0 saturated heterocycles. The van der Waals surface area contributed by atoms with Crippen LogP contribution in [0.5, 0.6) is 0 Å². The van der Waals surface area contributed by atoms with Gasteiger partial charge < -0.3 is 0 Å². The SMILES string of the molecule is CCCP.Cl.[Pd+2].[c-]1ccccc1.[c-]1ccccc1. The van der Waals surface area contributed by atoms with E-state index in [0.717, 1.165) is 0 Å². The van der Waals surface area contributed by atoms with Crippen LogP contribution in [0, 0.1) is 12.1 Å². The second-order valence-corrected chi connectivity index (χ2v) is 3.52. The molecule has 0 saturated carbocycles. The van der Waals surface area contributed by atoms with Crippen molar-refractivity contribution in [1.29, 1.82) is 0 Å². The van der Waals surface area contributed by atoms with Crippen LogP contribution in [0.4, 0.5) is 0 Å². The Labute approximate surface area is 134 Å². The van der Waals surface area contributed by atoms with Crippen molar-refractivity contribution in [2.24, 2.45) is 0 Å². The predicted octanol–water partition coefficient (Wildman–Crippen LogP) is 4.66. The molecule has 0 spiro atoms. The minimum absolute atomic E-state index is 0. The van der Waals surface area contributed by atoms with Gasteiger partial charge in [0.25, 0.3) is 0 Å². The van der Waals surface area contributed by atoms with E-state index in [0.29, 0.717) is 0 Å². The molecular weight excluding hydrogens is 353 g/mol. The summed E-state index contributed by atoms with van der Waals surface area (Å²) in [6.07, 6.45) is 2.52. The van der Waals surface area contributed by atoms with Crippen molar-refractivity contribution in [2.75, 3.05) is 6.16 Å². The second kappa shape index (κ2) is 22.0. The largest absolute Gasteiger partial charge is 2.00 e. The van der Waals surface area contributed by atoms with Gasteiger partial charge in [-0.3, -0.25) is 0 Å². The quantitative estimate of drug-likeness (QED) is 0.387. The standard InChI is InChI=1S/2C6H5.C3H9P.ClH.Pd/c2*1-2-4-6-5-3-1;1-2-3-4;;/h2*1-5H;2-4H2,1H3;1H;/q2*-1;;;+2. The molecule has 0 N–H and O–H groups in total. The van der Waals surface area contributed by atoms with Crippen LogP contribution in [-0.4, -0.2) is 6.16 Å². The number of rotatable bonds is 1. The molecule has 0 aliphatic rings. The molecule has 0 amide bonds. The van der Waals surface area contributed by atoms with Crippen LogP contribution in [0.25, 0.3) is 0 Å². The fourth-order valence-electron chi connectivity index (χ4n) is 0.684. The molecule has 0 aliphatic heterocycles. The molecular formula is C15H20ClPPd. The van der Waals surface area contributed by atoms with Gasteiger partial charge in [-0.1, -0.05) is 13.3 Å². The average Bonchev–Trinajstić information content (AvgIpc) is 2.44. The van der Waals surface area contributed by atoms with Crippen LogP contribution in [0.1, 0.15) is 13.3 Å². The minimum Gasteiger partial charge on any atom is -0.184 e. The van der Waals surface area contributed by atoms with Crippen molar-refractivity contribution in [3.05, 3.63) is 72.8 Å². The molecule has 0 aromatic heterocycles. The van der Waals surface area contributed by atoms with Crippen molar-refractivity contribution in [3.8, 4) is 0 Å². The van der Waals surface area contributed by atoms with Crippen molar-refractivity contribution in [2.45, 2.75) is 13.3 Å². The third-order valence-corrected chi connectivity index (χ3v) is 2.08. The van der Waals surface area contributed by atoms with Crippen LogP contribution in [0.15, 0.2) is 60.7 Å². The first-order valence-electron chi connectivity index (χ1n) is 5.44. The summed E-state index contributed by atoms with van der Waals surface area (Å²) in [5, 5.41) is 0. The fraction of sp³-hybridized carbons (Fsp3) is 0.200. The molecule has 2 rings (SSSR count). The molecule has 2 aromatic rings. The van der Waals surface area contributed by atoms with Gasteiger partial charge >= 0.3 is 20.4 Å². The van der Waals surface area contributed by atoms with Crippen molar-refractivity contribution >= 4 is 21.6 Å². The Bertz CT molecular complexity index is 216. The zero-order valence-electron chi connectivity index (χ0n) is 10.5. The van der Waals surface area contributed by atoms with E-state index in [4.69, 9.17) is 0 Å². The monoisotopic (exact) mass is 372 g/mol. The van der Waals surface area contributed by atoms with Crippen molar-refractivity contribution in [1.82, 2.24) is 0 Å². The Morgan fingerprint density at radius 3 is 1.11 bits per heavy atom. The molecule has 0 nitrogen and oxygen atoms in total. The van der Waals surface area contributed by atoms with Gasteiger partial charge in [-0.05, 0) is 6.16 Å². The molecule has 0 radical (unpaired) electrons. The van der Waals surface area contributed by atoms with Crippen LogP contribution < -0.4 is 0 Å². The summed E-state index contributed by atoms with van der Waals surface area (Å²) in [7, 11) is 2.66. The summed E-state index contributed by atoms with van der Waals surface area (Å²) in [5.74, 6) is 0. The Balaban J connectivity index is -0.000000182. The van der Waals surface area contributed by atoms with Crippen molar-refractivity contribution < 1.29 is 20.4 Å². The summed E-state index contributed by atoms with van der Waals surface area (Å²) < 4.78 is 0. The van der Waals surface area contributed by atoms with E-state index in [9.17, 15) is 0 Å². The first kappa shape index (κ1) is 23.0. The predicted molar refractivity (Wildman–Crippen MR) is 82.7 cm³/mol. The third kappa shape index (κ3) is 21.1. The third-order valence-electron chi connectivity index (χ3n) is 1.50. The minimum atomic E-state index is 0. The Morgan fingerprint density at radius 2 is 1.06 bits per heavy atom. The molecule has 1 atom stereocenters. The van der Waals surface area contributed by atoms with Gasteiger partial charge in [0, 0.05) is 0 Å². The van der Waals surface area contributed by atoms with E-state index in [1.165, 1.54) is 12.6 Å². The van der Waals surface area contributed by atoms with Gasteiger partial charge in [-0.2, -0.15) is 72.8 Å². The summed E-state index contributed by atoms with van der Waals surface area (Å²) >= 11 is 0. The Hall–Kier alpha value is -0.178. The Morgan fingerprint density at radius 1 is 0.778 bits per heavy atom. The average molecular weight is 373 g/mol. The van der Waals surface area contributed by atoms with Crippen LogP contribution in [0.2, 0.25) is 0 Å². The van der Waals surface area contributed by atoms with Gasteiger partial charge in [0.1, 0.15) is 0 Å². The topological polar surface area (TPSA) is 0 Å². The van der Waals surface area contributed by atoms with Gasteiger partial charge in [0.05, 0.1) is 0 Å². The van der Waals surface area contributed by atoms with E-state index in [1.54, 1.807) is 0 Å². The maximum Gasteiger partial charge on any atom is 2.00 e. The van der Waals surface area contributed by atoms with Gasteiger partial charge in [-0.15, -0.1) is 21.6 Å². The van der Waals surface area contributed by atoms with E-state index in [1.807, 2.05) is 60.7 Å². The number of benzene rings is 2. The summed E-state index contributed by atoms with van der Waals surface area (Å²) in [4.78, 5) is 0. The first-order chi connectivity index (χ1) is 7.91. The second-order valence-electron chi connectivity index (χ2n) is 2.94. The molecule has 1 unspecified atom stereocenters. The van der Waals surface area contributed by atoms with E-state index >= 15 is 0 Å². The fourth-order valence-corrected chi connectivity index (χ4v) is 0.684. The van der Waals surface area contributed by atoms with Crippen LogP contribution >= 0.6 is 21.6 Å². The number of hydrogen-bond donors (Lipinski definition) is 0. The zero-order chi connectivity index (χ0) is 11.9. The maximum atomic E-state index is 2.89. The normalized spacial score (nSPS) is 7.00. The molecule has 0 fully saturated rings. The van der Waals surface area contributed by atoms with E-state index in [2.05, 4.69) is 28.3 Å². The van der Waals surface area contributed by atoms with E-state index in [-0.39, 0.29) is 32.8 Å². The van der Waals surface area contributed by atoms with Crippen molar-refractivity contribution in [3.63, 3.8) is 0 Å². The molecule has 0 bridgehead atoms. The molecule has 0 heterocycles.